The number of aryl methyl sites for hydroxylation is 1. The third kappa shape index (κ3) is 4.36. The molecule has 104 valence electrons. The maximum absolute atomic E-state index is 13.0. The van der Waals surface area contributed by atoms with Crippen molar-refractivity contribution in [2.45, 2.75) is 18.2 Å². The Morgan fingerprint density at radius 2 is 2.05 bits per heavy atom. The van der Waals surface area contributed by atoms with Crippen molar-refractivity contribution >= 4 is 29.1 Å². The lowest BCUT2D eigenvalue weighted by Gasteiger charge is -2.05. The van der Waals surface area contributed by atoms with E-state index in [1.54, 1.807) is 12.1 Å². The highest BCUT2D eigenvalue weighted by Gasteiger charge is 2.08. The number of carbonyl (C=O) groups is 1. The van der Waals surface area contributed by atoms with Crippen LogP contribution < -0.4 is 0 Å². The molecule has 0 saturated heterocycles. The molecule has 0 heterocycles. The summed E-state index contributed by atoms with van der Waals surface area (Å²) in [5, 5.41) is 0.620. The molecule has 0 spiro atoms. The molecule has 0 aliphatic carbocycles. The summed E-state index contributed by atoms with van der Waals surface area (Å²) < 4.78 is 13.0. The Morgan fingerprint density at radius 3 is 2.75 bits per heavy atom. The van der Waals surface area contributed by atoms with E-state index >= 15 is 0 Å². The highest BCUT2D eigenvalue weighted by molar-refractivity contribution is 8.00. The van der Waals surface area contributed by atoms with Crippen LogP contribution >= 0.6 is 23.4 Å². The van der Waals surface area contributed by atoms with Gasteiger partial charge in [0.25, 0.3) is 0 Å². The van der Waals surface area contributed by atoms with Crippen molar-refractivity contribution in [2.24, 2.45) is 0 Å². The quantitative estimate of drug-likeness (QED) is 0.745. The Labute approximate surface area is 127 Å². The van der Waals surface area contributed by atoms with Crippen molar-refractivity contribution in [2.75, 3.05) is 5.75 Å². The summed E-state index contributed by atoms with van der Waals surface area (Å²) in [6.07, 6.45) is 0.307. The van der Waals surface area contributed by atoms with Gasteiger partial charge in [-0.25, -0.2) is 4.39 Å². The number of ketones is 1. The number of rotatable bonds is 5. The Bertz CT molecular complexity index is 628. The lowest BCUT2D eigenvalue weighted by Crippen LogP contribution is -2.06. The monoisotopic (exact) mass is 308 g/mol. The fraction of sp³-hybridized carbons (Fsp3) is 0.188. The van der Waals surface area contributed by atoms with Crippen molar-refractivity contribution in [3.8, 4) is 0 Å². The molecule has 0 aliphatic rings. The van der Waals surface area contributed by atoms with Crippen molar-refractivity contribution < 1.29 is 9.18 Å². The topological polar surface area (TPSA) is 17.1 Å². The van der Waals surface area contributed by atoms with Crippen LogP contribution in [0.2, 0.25) is 5.02 Å². The minimum absolute atomic E-state index is 0.0741. The summed E-state index contributed by atoms with van der Waals surface area (Å²) in [6, 6.07) is 11.9. The molecule has 0 aromatic heterocycles. The fourth-order valence-corrected chi connectivity index (χ4v) is 2.88. The van der Waals surface area contributed by atoms with Crippen LogP contribution in [0.15, 0.2) is 47.4 Å². The minimum Gasteiger partial charge on any atom is -0.298 e. The van der Waals surface area contributed by atoms with Crippen LogP contribution in [0.3, 0.4) is 0 Å². The normalized spacial score (nSPS) is 10.6. The van der Waals surface area contributed by atoms with Crippen molar-refractivity contribution in [1.29, 1.82) is 0 Å². The van der Waals surface area contributed by atoms with E-state index in [4.69, 9.17) is 11.6 Å². The van der Waals surface area contributed by atoms with Gasteiger partial charge in [0.1, 0.15) is 11.6 Å². The smallest absolute Gasteiger partial charge is 0.147 e. The number of hydrogen-bond acceptors (Lipinski definition) is 2. The van der Waals surface area contributed by atoms with Gasteiger partial charge >= 0.3 is 0 Å². The molecule has 0 radical (unpaired) electrons. The largest absolute Gasteiger partial charge is 0.298 e. The van der Waals surface area contributed by atoms with Crippen LogP contribution in [0.5, 0.6) is 0 Å². The third-order valence-electron chi connectivity index (χ3n) is 2.79. The first-order valence-corrected chi connectivity index (χ1v) is 7.56. The first kappa shape index (κ1) is 15.1. The summed E-state index contributed by atoms with van der Waals surface area (Å²) in [5.41, 5.74) is 1.91. The molecule has 0 atom stereocenters. The van der Waals surface area contributed by atoms with E-state index < -0.39 is 0 Å². The zero-order chi connectivity index (χ0) is 14.5. The van der Waals surface area contributed by atoms with E-state index in [9.17, 15) is 9.18 Å². The summed E-state index contributed by atoms with van der Waals surface area (Å²) in [4.78, 5) is 12.7. The number of carbonyl (C=O) groups excluding carboxylic acids is 1. The Morgan fingerprint density at radius 1 is 1.25 bits per heavy atom. The van der Waals surface area contributed by atoms with Crippen LogP contribution in [-0.2, 0) is 11.2 Å². The highest BCUT2D eigenvalue weighted by atomic mass is 35.5. The molecule has 0 fully saturated rings. The standard InChI is InChI=1S/C16H14ClFOS/c1-11-5-6-12(16(17)7-11)8-14(19)10-20-15-4-2-3-13(18)9-15/h2-7,9H,8,10H2,1H3. The molecule has 2 rings (SSSR count). The molecule has 0 unspecified atom stereocenters. The number of halogens is 2. The second-order valence-corrected chi connectivity index (χ2v) is 6.01. The number of Topliss-reactive ketones (excluding diaryl/α,β-unsaturated/α-hetero) is 1. The summed E-state index contributed by atoms with van der Waals surface area (Å²) in [5.74, 6) is 0.0993. The SMILES string of the molecule is Cc1ccc(CC(=O)CSc2cccc(F)c2)c(Cl)c1. The molecule has 1 nitrogen and oxygen atoms in total. The lowest BCUT2D eigenvalue weighted by atomic mass is 10.1. The Balaban J connectivity index is 1.92. The van der Waals surface area contributed by atoms with E-state index in [0.717, 1.165) is 16.0 Å². The van der Waals surface area contributed by atoms with Gasteiger partial charge in [0.15, 0.2) is 0 Å². The average molecular weight is 309 g/mol. The first-order chi connectivity index (χ1) is 9.54. The molecule has 2 aromatic carbocycles. The van der Waals surface area contributed by atoms with Gasteiger partial charge in [-0.3, -0.25) is 4.79 Å². The van der Waals surface area contributed by atoms with Crippen LogP contribution in [0.4, 0.5) is 4.39 Å². The zero-order valence-corrected chi connectivity index (χ0v) is 12.6. The Kier molecular flexibility index (Phi) is 5.21. The predicted molar refractivity (Wildman–Crippen MR) is 82.0 cm³/mol. The summed E-state index contributed by atoms with van der Waals surface area (Å²) >= 11 is 7.44. The lowest BCUT2D eigenvalue weighted by molar-refractivity contribution is -0.116. The van der Waals surface area contributed by atoms with E-state index in [1.807, 2.05) is 25.1 Å². The van der Waals surface area contributed by atoms with Gasteiger partial charge in [-0.15, -0.1) is 11.8 Å². The second kappa shape index (κ2) is 6.91. The molecule has 4 heteroatoms. The van der Waals surface area contributed by atoms with Gasteiger partial charge in [0.2, 0.25) is 0 Å². The maximum atomic E-state index is 13.0. The number of thioether (sulfide) groups is 1. The molecular weight excluding hydrogens is 295 g/mol. The molecular formula is C16H14ClFOS. The van der Waals surface area contributed by atoms with Gasteiger partial charge in [-0.05, 0) is 42.3 Å². The summed E-state index contributed by atoms with van der Waals surface area (Å²) in [6.45, 7) is 1.96. The maximum Gasteiger partial charge on any atom is 0.147 e. The van der Waals surface area contributed by atoms with Gasteiger partial charge < -0.3 is 0 Å². The van der Waals surface area contributed by atoms with Crippen molar-refractivity contribution in [3.05, 3.63) is 64.4 Å². The van der Waals surface area contributed by atoms with E-state index in [2.05, 4.69) is 0 Å². The van der Waals surface area contributed by atoms with Gasteiger partial charge in [0.05, 0.1) is 5.75 Å². The summed E-state index contributed by atoms with van der Waals surface area (Å²) in [7, 11) is 0. The van der Waals surface area contributed by atoms with E-state index in [-0.39, 0.29) is 11.6 Å². The molecule has 20 heavy (non-hydrogen) atoms. The molecule has 0 saturated carbocycles. The van der Waals surface area contributed by atoms with E-state index in [0.29, 0.717) is 17.2 Å². The molecule has 0 aliphatic heterocycles. The fourth-order valence-electron chi connectivity index (χ4n) is 1.78. The van der Waals surface area contributed by atoms with Crippen molar-refractivity contribution in [3.63, 3.8) is 0 Å². The van der Waals surface area contributed by atoms with Gasteiger partial charge in [-0.1, -0.05) is 29.8 Å². The third-order valence-corrected chi connectivity index (χ3v) is 4.20. The van der Waals surface area contributed by atoms with Crippen molar-refractivity contribution in [1.82, 2.24) is 0 Å². The molecule has 0 N–H and O–H groups in total. The van der Waals surface area contributed by atoms with Gasteiger partial charge in [-0.2, -0.15) is 0 Å². The van der Waals surface area contributed by atoms with E-state index in [1.165, 1.54) is 23.9 Å². The predicted octanol–water partition coefficient (Wildman–Crippen LogP) is 4.69. The van der Waals surface area contributed by atoms with Crippen LogP contribution in [0.25, 0.3) is 0 Å². The van der Waals surface area contributed by atoms with Crippen LogP contribution in [0.1, 0.15) is 11.1 Å². The molecule has 2 aromatic rings. The molecule has 0 bridgehead atoms. The second-order valence-electron chi connectivity index (χ2n) is 4.56. The number of hydrogen-bond donors (Lipinski definition) is 0. The minimum atomic E-state index is -0.288. The van der Waals surface area contributed by atoms with Gasteiger partial charge in [0, 0.05) is 16.3 Å². The van der Waals surface area contributed by atoms with Crippen LogP contribution in [0, 0.1) is 12.7 Å². The zero-order valence-electron chi connectivity index (χ0n) is 11.0. The number of benzene rings is 2. The highest BCUT2D eigenvalue weighted by Crippen LogP contribution is 2.21. The Hall–Kier alpha value is -1.32. The molecule has 0 amide bonds. The first-order valence-electron chi connectivity index (χ1n) is 6.19. The van der Waals surface area contributed by atoms with Crippen LogP contribution in [-0.4, -0.2) is 11.5 Å². The average Bonchev–Trinajstić information content (AvgIpc) is 2.40.